The van der Waals surface area contributed by atoms with E-state index in [2.05, 4.69) is 45.9 Å². The zero-order valence-corrected chi connectivity index (χ0v) is 13.7. The number of nitrogens with zero attached hydrogens (tertiary/aromatic N) is 2. The molecule has 2 aliphatic rings. The summed E-state index contributed by atoms with van der Waals surface area (Å²) in [7, 11) is 0. The first-order valence-electron chi connectivity index (χ1n) is 6.68. The molecule has 0 aromatic carbocycles. The summed E-state index contributed by atoms with van der Waals surface area (Å²) in [4.78, 5) is 2.69. The Morgan fingerprint density at radius 2 is 1.95 bits per heavy atom. The lowest BCUT2D eigenvalue weighted by molar-refractivity contribution is 0.429. The molecule has 1 fully saturated rings. The molecule has 3 unspecified atom stereocenters. The third-order valence-electron chi connectivity index (χ3n) is 4.65. The monoisotopic (exact) mass is 300 g/mol. The summed E-state index contributed by atoms with van der Waals surface area (Å²) >= 11 is 3.71. The van der Waals surface area contributed by atoms with Crippen molar-refractivity contribution in [3.05, 3.63) is 32.5 Å². The van der Waals surface area contributed by atoms with Gasteiger partial charge >= 0.3 is 0 Å². The number of thiophene rings is 1. The summed E-state index contributed by atoms with van der Waals surface area (Å²) in [6.07, 6.45) is 0.958. The number of rotatable bonds is 1. The Labute approximate surface area is 128 Å². The molecule has 2 heterocycles. The second-order valence-corrected chi connectivity index (χ2v) is 9.45. The minimum atomic E-state index is -0.170. The fourth-order valence-corrected chi connectivity index (χ4v) is 6.98. The first-order chi connectivity index (χ1) is 9.35. The summed E-state index contributed by atoms with van der Waals surface area (Å²) in [6, 6.07) is 6.79. The molecule has 0 bridgehead atoms. The van der Waals surface area contributed by atoms with Crippen LogP contribution in [0.1, 0.15) is 35.6 Å². The van der Waals surface area contributed by atoms with Gasteiger partial charge in [0, 0.05) is 26.0 Å². The molecule has 1 aromatic heterocycles. The van der Waals surface area contributed by atoms with Crippen LogP contribution < -0.4 is 0 Å². The molecule has 0 radical (unpaired) electrons. The lowest BCUT2D eigenvalue weighted by Crippen LogP contribution is -2.40. The van der Waals surface area contributed by atoms with E-state index in [-0.39, 0.29) is 15.4 Å². The first kappa shape index (κ1) is 13.7. The predicted octanol–water partition coefficient (Wildman–Crippen LogP) is 4.45. The second kappa shape index (κ2) is 4.13. The Bertz CT molecular complexity index is 716. The van der Waals surface area contributed by atoms with E-state index in [0.717, 1.165) is 12.0 Å². The molecule has 0 saturated carbocycles. The maximum Gasteiger partial charge on any atom is 0.0972 e. The maximum atomic E-state index is 9.33. The highest BCUT2D eigenvalue weighted by atomic mass is 32.2. The van der Waals surface area contributed by atoms with Gasteiger partial charge in [-0.25, -0.2) is 0 Å². The van der Waals surface area contributed by atoms with Crippen LogP contribution in [0.5, 0.6) is 0 Å². The number of aryl methyl sites for hydroxylation is 2. The number of thioether (sulfide) groups is 1. The van der Waals surface area contributed by atoms with Crippen molar-refractivity contribution in [1.82, 2.24) is 0 Å². The quantitative estimate of drug-likeness (QED) is 0.770. The summed E-state index contributed by atoms with van der Waals surface area (Å²) < 4.78 is -0.161. The smallest absolute Gasteiger partial charge is 0.0972 e. The van der Waals surface area contributed by atoms with Gasteiger partial charge in [0.05, 0.1) is 22.5 Å². The lowest BCUT2D eigenvalue weighted by atomic mass is 9.66. The van der Waals surface area contributed by atoms with Crippen molar-refractivity contribution in [1.29, 1.82) is 10.5 Å². The fourth-order valence-electron chi connectivity index (χ4n) is 3.76. The molecule has 1 saturated heterocycles. The minimum absolute atomic E-state index is 0.00889. The molecule has 1 aliphatic heterocycles. The highest BCUT2D eigenvalue weighted by molar-refractivity contribution is 8.02. The average Bonchev–Trinajstić information content (AvgIpc) is 2.82. The molecular formula is C16H16N2S2. The van der Waals surface area contributed by atoms with Crippen LogP contribution in [-0.2, 0) is 4.75 Å². The summed E-state index contributed by atoms with van der Waals surface area (Å²) in [5.74, 6) is 0.233. The molecule has 1 aliphatic carbocycles. The molecule has 2 nitrogen and oxygen atoms in total. The van der Waals surface area contributed by atoms with Crippen LogP contribution in [0.15, 0.2) is 17.2 Å². The van der Waals surface area contributed by atoms with Crippen LogP contribution in [0.25, 0.3) is 0 Å². The Balaban J connectivity index is 2.03. The third kappa shape index (κ3) is 1.56. The van der Waals surface area contributed by atoms with E-state index in [1.807, 2.05) is 23.1 Å². The molecule has 4 heteroatoms. The van der Waals surface area contributed by atoms with Crippen molar-refractivity contribution in [2.75, 3.05) is 0 Å². The van der Waals surface area contributed by atoms with E-state index in [0.29, 0.717) is 5.57 Å². The van der Waals surface area contributed by atoms with Crippen molar-refractivity contribution >= 4 is 23.1 Å². The lowest BCUT2D eigenvalue weighted by Gasteiger charge is -2.39. The van der Waals surface area contributed by atoms with Gasteiger partial charge in [-0.2, -0.15) is 10.5 Å². The topological polar surface area (TPSA) is 47.6 Å². The molecule has 1 aromatic rings. The Hall–Kier alpha value is -1.23. The highest BCUT2D eigenvalue weighted by Gasteiger charge is 2.62. The normalized spacial score (nSPS) is 35.2. The van der Waals surface area contributed by atoms with Crippen LogP contribution in [0.4, 0.5) is 0 Å². The van der Waals surface area contributed by atoms with Crippen LogP contribution in [0.3, 0.4) is 0 Å². The van der Waals surface area contributed by atoms with Gasteiger partial charge in [0.2, 0.25) is 0 Å². The number of fused-ring (bicyclic) bond motifs is 1. The standard InChI is InChI=1S/C16H16N2S2/c1-9-5-12(10(2)19-9)15(3)6-13-11(7-17)14(8-18)16(13,4)20-15/h5,13H,6H2,1-4H3. The SMILES string of the molecule is Cc1cc(C2(C)CC3C(C#N)=C(C#N)C3(C)S2)c(C)s1. The summed E-state index contributed by atoms with van der Waals surface area (Å²) in [6.45, 7) is 8.70. The Morgan fingerprint density at radius 3 is 2.45 bits per heavy atom. The summed E-state index contributed by atoms with van der Waals surface area (Å²) in [5, 5.41) is 18.6. The number of allylic oxidation sites excluding steroid dienone is 1. The Morgan fingerprint density at radius 1 is 1.25 bits per heavy atom. The largest absolute Gasteiger partial charge is 0.193 e. The minimum Gasteiger partial charge on any atom is -0.193 e. The van der Waals surface area contributed by atoms with E-state index < -0.39 is 0 Å². The Kier molecular flexibility index (Phi) is 2.84. The zero-order chi connectivity index (χ0) is 14.7. The maximum absolute atomic E-state index is 9.33. The molecule has 0 spiro atoms. The van der Waals surface area contributed by atoms with E-state index >= 15 is 0 Å². The van der Waals surface area contributed by atoms with E-state index in [9.17, 15) is 10.5 Å². The van der Waals surface area contributed by atoms with Gasteiger partial charge in [0.15, 0.2) is 0 Å². The van der Waals surface area contributed by atoms with E-state index in [4.69, 9.17) is 0 Å². The van der Waals surface area contributed by atoms with Crippen molar-refractivity contribution in [2.45, 2.75) is 43.6 Å². The van der Waals surface area contributed by atoms with Gasteiger partial charge in [-0.05, 0) is 45.7 Å². The van der Waals surface area contributed by atoms with Gasteiger partial charge < -0.3 is 0 Å². The molecule has 102 valence electrons. The third-order valence-corrected chi connectivity index (χ3v) is 7.37. The number of hydrogen-bond donors (Lipinski definition) is 0. The molecule has 20 heavy (non-hydrogen) atoms. The van der Waals surface area contributed by atoms with Crippen LogP contribution in [-0.4, -0.2) is 4.75 Å². The first-order valence-corrected chi connectivity index (χ1v) is 8.31. The summed E-state index contributed by atoms with van der Waals surface area (Å²) in [5.41, 5.74) is 2.80. The molecule has 3 rings (SSSR count). The molecular weight excluding hydrogens is 284 g/mol. The zero-order valence-electron chi connectivity index (χ0n) is 12.1. The highest BCUT2D eigenvalue weighted by Crippen LogP contribution is 2.69. The van der Waals surface area contributed by atoms with E-state index in [1.54, 1.807) is 0 Å². The van der Waals surface area contributed by atoms with Gasteiger partial charge in [0.25, 0.3) is 0 Å². The van der Waals surface area contributed by atoms with Gasteiger partial charge in [0.1, 0.15) is 0 Å². The second-order valence-electron chi connectivity index (χ2n) is 6.04. The number of nitriles is 2. The van der Waals surface area contributed by atoms with Gasteiger partial charge in [-0.3, -0.25) is 0 Å². The van der Waals surface area contributed by atoms with Crippen LogP contribution in [0, 0.1) is 42.4 Å². The van der Waals surface area contributed by atoms with Gasteiger partial charge in [-0.1, -0.05) is 0 Å². The van der Waals surface area contributed by atoms with Crippen LogP contribution >= 0.6 is 23.1 Å². The van der Waals surface area contributed by atoms with Crippen molar-refractivity contribution in [3.63, 3.8) is 0 Å². The average molecular weight is 300 g/mol. The molecule has 3 atom stereocenters. The van der Waals surface area contributed by atoms with E-state index in [1.165, 1.54) is 15.3 Å². The van der Waals surface area contributed by atoms with Crippen molar-refractivity contribution in [2.24, 2.45) is 5.92 Å². The molecule has 0 N–H and O–H groups in total. The predicted molar refractivity (Wildman–Crippen MR) is 83.5 cm³/mol. The van der Waals surface area contributed by atoms with Crippen LogP contribution in [0.2, 0.25) is 0 Å². The molecule has 0 amide bonds. The van der Waals surface area contributed by atoms with Crippen molar-refractivity contribution < 1.29 is 0 Å². The number of hydrogen-bond acceptors (Lipinski definition) is 4. The van der Waals surface area contributed by atoms with Gasteiger partial charge in [-0.15, -0.1) is 23.1 Å². The van der Waals surface area contributed by atoms with Crippen molar-refractivity contribution in [3.8, 4) is 12.1 Å². The fraction of sp³-hybridized carbons (Fsp3) is 0.500.